The smallest absolute Gasteiger partial charge is 0.0740 e. The molecule has 1 heteroatoms. The second kappa shape index (κ2) is 6.54. The van der Waals surface area contributed by atoms with Gasteiger partial charge >= 0.3 is 0 Å². The number of pyridine rings is 1. The molecule has 0 bridgehead atoms. The summed E-state index contributed by atoms with van der Waals surface area (Å²) in [6.07, 6.45) is 9.35. The highest BCUT2D eigenvalue weighted by atomic mass is 14.7. The molecular weight excluding hydrogens is 314 g/mol. The third kappa shape index (κ3) is 2.94. The molecule has 0 saturated heterocycles. The van der Waals surface area contributed by atoms with Crippen LogP contribution in [0, 0.1) is 5.41 Å². The van der Waals surface area contributed by atoms with Crippen LogP contribution in [0.5, 0.6) is 0 Å². The van der Waals surface area contributed by atoms with Crippen molar-refractivity contribution in [3.05, 3.63) is 59.9 Å². The number of hydrogen-bond acceptors (Lipinski definition) is 1. The molecule has 3 aromatic rings. The van der Waals surface area contributed by atoms with Crippen LogP contribution < -0.4 is 0 Å². The van der Waals surface area contributed by atoms with E-state index in [4.69, 9.17) is 4.98 Å². The lowest BCUT2D eigenvalue weighted by atomic mass is 9.70. The van der Waals surface area contributed by atoms with E-state index in [2.05, 4.69) is 70.2 Å². The summed E-state index contributed by atoms with van der Waals surface area (Å²) in [7, 11) is 0. The van der Waals surface area contributed by atoms with Crippen LogP contribution in [0.1, 0.15) is 70.6 Å². The van der Waals surface area contributed by atoms with Gasteiger partial charge < -0.3 is 0 Å². The Bertz CT molecular complexity index is 984. The first-order chi connectivity index (χ1) is 12.5. The van der Waals surface area contributed by atoms with Gasteiger partial charge in [-0.15, -0.1) is 0 Å². The van der Waals surface area contributed by atoms with E-state index < -0.39 is 0 Å². The van der Waals surface area contributed by atoms with Gasteiger partial charge in [0.1, 0.15) is 0 Å². The van der Waals surface area contributed by atoms with E-state index in [0.29, 0.717) is 11.3 Å². The summed E-state index contributed by atoms with van der Waals surface area (Å²) in [6.45, 7) is 9.08. The number of benzene rings is 2. The summed E-state index contributed by atoms with van der Waals surface area (Å²) in [5.41, 5.74) is 4.41. The SMILES string of the molecule is C/C=C(\C)c1nccc2ccc3c(C4CCC(C)(C)CC4)cccc3c12. The summed E-state index contributed by atoms with van der Waals surface area (Å²) in [6, 6.07) is 13.6. The van der Waals surface area contributed by atoms with E-state index in [1.807, 2.05) is 6.20 Å². The van der Waals surface area contributed by atoms with Crippen molar-refractivity contribution in [2.24, 2.45) is 5.41 Å². The Morgan fingerprint density at radius 1 is 1.04 bits per heavy atom. The predicted octanol–water partition coefficient (Wildman–Crippen LogP) is 7.50. The first kappa shape index (κ1) is 17.3. The Kier molecular flexibility index (Phi) is 4.34. The van der Waals surface area contributed by atoms with Crippen molar-refractivity contribution in [2.75, 3.05) is 0 Å². The topological polar surface area (TPSA) is 12.9 Å². The maximum absolute atomic E-state index is 4.72. The average molecular weight is 344 g/mol. The van der Waals surface area contributed by atoms with Crippen molar-refractivity contribution in [3.8, 4) is 0 Å². The quantitative estimate of drug-likeness (QED) is 0.439. The van der Waals surface area contributed by atoms with Crippen molar-refractivity contribution in [1.82, 2.24) is 4.98 Å². The molecule has 0 unspecified atom stereocenters. The van der Waals surface area contributed by atoms with Gasteiger partial charge in [0, 0.05) is 11.6 Å². The van der Waals surface area contributed by atoms with Crippen LogP contribution >= 0.6 is 0 Å². The first-order valence-electron chi connectivity index (χ1n) is 9.94. The van der Waals surface area contributed by atoms with Gasteiger partial charge in [0.15, 0.2) is 0 Å². The second-order valence-corrected chi connectivity index (χ2v) is 8.68. The molecule has 1 heterocycles. The lowest BCUT2D eigenvalue weighted by Crippen LogP contribution is -2.20. The monoisotopic (exact) mass is 343 g/mol. The number of hydrogen-bond donors (Lipinski definition) is 0. The summed E-state index contributed by atoms with van der Waals surface area (Å²) in [4.78, 5) is 4.72. The van der Waals surface area contributed by atoms with Gasteiger partial charge in [-0.2, -0.15) is 0 Å². The van der Waals surface area contributed by atoms with Gasteiger partial charge in [0.25, 0.3) is 0 Å². The molecule has 0 spiro atoms. The van der Waals surface area contributed by atoms with Crippen molar-refractivity contribution >= 4 is 27.1 Å². The summed E-state index contributed by atoms with van der Waals surface area (Å²) in [5, 5.41) is 5.36. The molecule has 0 amide bonds. The molecule has 1 saturated carbocycles. The molecule has 134 valence electrons. The fourth-order valence-electron chi connectivity index (χ4n) is 4.56. The zero-order chi connectivity index (χ0) is 18.3. The number of aromatic nitrogens is 1. The van der Waals surface area contributed by atoms with Crippen molar-refractivity contribution in [3.63, 3.8) is 0 Å². The van der Waals surface area contributed by atoms with Crippen LogP contribution in [0.4, 0.5) is 0 Å². The Morgan fingerprint density at radius 2 is 1.81 bits per heavy atom. The molecule has 1 nitrogen and oxygen atoms in total. The van der Waals surface area contributed by atoms with Crippen LogP contribution in [0.2, 0.25) is 0 Å². The van der Waals surface area contributed by atoms with Crippen LogP contribution in [-0.4, -0.2) is 4.98 Å². The largest absolute Gasteiger partial charge is 0.256 e. The maximum atomic E-state index is 4.72. The standard InChI is InChI=1S/C25H29N/c1-5-17(2)24-23-19(13-16-26-24)9-10-21-20(7-6-8-22(21)23)18-11-14-25(3,4)15-12-18/h5-10,13,16,18H,11-12,14-15H2,1-4H3/b17-5+. The first-order valence-corrected chi connectivity index (χ1v) is 9.94. The second-order valence-electron chi connectivity index (χ2n) is 8.68. The van der Waals surface area contributed by atoms with E-state index in [9.17, 15) is 0 Å². The third-order valence-electron chi connectivity index (χ3n) is 6.41. The maximum Gasteiger partial charge on any atom is 0.0740 e. The highest BCUT2D eigenvalue weighted by Crippen LogP contribution is 2.44. The highest BCUT2D eigenvalue weighted by Gasteiger charge is 2.28. The third-order valence-corrected chi connectivity index (χ3v) is 6.41. The Labute approximate surface area is 157 Å². The van der Waals surface area contributed by atoms with Gasteiger partial charge in [-0.05, 0) is 84.2 Å². The predicted molar refractivity (Wildman–Crippen MR) is 114 cm³/mol. The molecule has 0 N–H and O–H groups in total. The fourth-order valence-corrected chi connectivity index (χ4v) is 4.56. The lowest BCUT2D eigenvalue weighted by molar-refractivity contribution is 0.225. The van der Waals surface area contributed by atoms with E-state index in [-0.39, 0.29) is 0 Å². The van der Waals surface area contributed by atoms with Crippen LogP contribution in [-0.2, 0) is 0 Å². The van der Waals surface area contributed by atoms with Gasteiger partial charge in [0.2, 0.25) is 0 Å². The molecule has 1 aromatic heterocycles. The van der Waals surface area contributed by atoms with Crippen LogP contribution in [0.3, 0.4) is 0 Å². The lowest BCUT2D eigenvalue weighted by Gasteiger charge is -2.35. The van der Waals surface area contributed by atoms with E-state index in [1.165, 1.54) is 58.4 Å². The van der Waals surface area contributed by atoms with E-state index >= 15 is 0 Å². The molecule has 0 atom stereocenters. The summed E-state index contributed by atoms with van der Waals surface area (Å²) >= 11 is 0. The van der Waals surface area contributed by atoms with Crippen LogP contribution in [0.15, 0.2) is 48.7 Å². The molecule has 4 rings (SSSR count). The zero-order valence-corrected chi connectivity index (χ0v) is 16.5. The Hall–Kier alpha value is -2.15. The highest BCUT2D eigenvalue weighted by molar-refractivity contribution is 6.12. The van der Waals surface area contributed by atoms with Crippen molar-refractivity contribution in [1.29, 1.82) is 0 Å². The van der Waals surface area contributed by atoms with Gasteiger partial charge in [-0.1, -0.05) is 50.3 Å². The number of fused-ring (bicyclic) bond motifs is 3. The normalized spacial score (nSPS) is 18.5. The number of rotatable bonds is 2. The molecule has 1 aliphatic rings. The molecule has 26 heavy (non-hydrogen) atoms. The van der Waals surface area contributed by atoms with Crippen LogP contribution in [0.25, 0.3) is 27.1 Å². The Morgan fingerprint density at radius 3 is 2.54 bits per heavy atom. The fraction of sp³-hybridized carbons (Fsp3) is 0.400. The van der Waals surface area contributed by atoms with E-state index in [0.717, 1.165) is 5.69 Å². The van der Waals surface area contributed by atoms with E-state index in [1.54, 1.807) is 0 Å². The minimum Gasteiger partial charge on any atom is -0.256 e. The number of nitrogens with zero attached hydrogens (tertiary/aromatic N) is 1. The van der Waals surface area contributed by atoms with Crippen molar-refractivity contribution in [2.45, 2.75) is 59.3 Å². The Balaban J connectivity index is 1.91. The number of allylic oxidation sites excluding steroid dienone is 2. The summed E-state index contributed by atoms with van der Waals surface area (Å²) < 4.78 is 0. The molecule has 0 aliphatic heterocycles. The average Bonchev–Trinajstić information content (AvgIpc) is 2.66. The molecule has 1 aliphatic carbocycles. The van der Waals surface area contributed by atoms with Gasteiger partial charge in [0.05, 0.1) is 5.69 Å². The molecule has 0 radical (unpaired) electrons. The summed E-state index contributed by atoms with van der Waals surface area (Å²) in [5.74, 6) is 0.687. The molecule has 2 aromatic carbocycles. The minimum absolute atomic E-state index is 0.508. The van der Waals surface area contributed by atoms with Crippen molar-refractivity contribution < 1.29 is 0 Å². The minimum atomic E-state index is 0.508. The zero-order valence-electron chi connectivity index (χ0n) is 16.5. The molecular formula is C25H29N. The van der Waals surface area contributed by atoms with Gasteiger partial charge in [-0.3, -0.25) is 4.98 Å². The molecule has 1 fully saturated rings. The van der Waals surface area contributed by atoms with Gasteiger partial charge in [-0.25, -0.2) is 0 Å².